The van der Waals surface area contributed by atoms with Crippen molar-refractivity contribution in [1.29, 1.82) is 0 Å². The summed E-state index contributed by atoms with van der Waals surface area (Å²) in [6, 6.07) is 0.205. The maximum atomic E-state index is 13.6. The van der Waals surface area contributed by atoms with Crippen molar-refractivity contribution in [3.05, 3.63) is 0 Å². The summed E-state index contributed by atoms with van der Waals surface area (Å²) in [5.74, 6) is 1.90. The van der Waals surface area contributed by atoms with Gasteiger partial charge in [-0.15, -0.1) is 0 Å². The predicted octanol–water partition coefficient (Wildman–Crippen LogP) is 8.04. The van der Waals surface area contributed by atoms with Crippen LogP contribution in [0.3, 0.4) is 0 Å². The average Bonchev–Trinajstić information content (AvgIpc) is 3.07. The molecule has 8 atom stereocenters. The van der Waals surface area contributed by atoms with Gasteiger partial charge in [-0.3, -0.25) is 4.79 Å². The fourth-order valence-electron chi connectivity index (χ4n) is 8.80. The van der Waals surface area contributed by atoms with Crippen LogP contribution in [0.1, 0.15) is 100 Å². The second kappa shape index (κ2) is 9.02. The number of hydrogen-bond acceptors (Lipinski definition) is 3. The van der Waals surface area contributed by atoms with Gasteiger partial charge in [0, 0.05) is 18.4 Å². The first-order valence-corrected chi connectivity index (χ1v) is 21.0. The number of carbonyl (C=O) groups is 2. The minimum absolute atomic E-state index is 0.0532. The molecule has 4 aliphatic rings. The maximum absolute atomic E-state index is 13.6. The highest BCUT2D eigenvalue weighted by molar-refractivity contribution is 6.79. The van der Waals surface area contributed by atoms with Crippen LogP contribution in [0.25, 0.3) is 0 Å². The standard InChI is InChI=1S/C31H57NO3Si2/c1-28(2,3)36(9,10)32-24-19-21(20-33)27-22-13-14-25(35-37(11,12)29(4,5)6)31(22,8)17-15-23(27)30(24,7)18-16-26(32)34/h20-25,27H,13-19H2,1-12H3/t21-,22+,23+,24-,25+,27+,30-,31+/m1/s1. The summed E-state index contributed by atoms with van der Waals surface area (Å²) < 4.78 is 9.53. The lowest BCUT2D eigenvalue weighted by Crippen LogP contribution is -2.71. The summed E-state index contributed by atoms with van der Waals surface area (Å²) in [4.78, 5) is 26.4. The van der Waals surface area contributed by atoms with Crippen LogP contribution in [0, 0.1) is 34.5 Å². The Morgan fingerprint density at radius 3 is 2.03 bits per heavy atom. The first kappa shape index (κ1) is 29.5. The molecule has 0 unspecified atom stereocenters. The molecule has 0 aromatic heterocycles. The van der Waals surface area contributed by atoms with E-state index in [1.54, 1.807) is 0 Å². The minimum atomic E-state index is -2.07. The van der Waals surface area contributed by atoms with Crippen molar-refractivity contribution >= 4 is 28.7 Å². The molecule has 1 heterocycles. The number of nitrogens with zero attached hydrogens (tertiary/aromatic N) is 1. The van der Waals surface area contributed by atoms with Gasteiger partial charge in [-0.05, 0) is 90.3 Å². The van der Waals surface area contributed by atoms with Crippen molar-refractivity contribution < 1.29 is 14.0 Å². The molecule has 0 aromatic carbocycles. The van der Waals surface area contributed by atoms with Crippen LogP contribution in [0.2, 0.25) is 36.3 Å². The van der Waals surface area contributed by atoms with Gasteiger partial charge in [-0.25, -0.2) is 0 Å². The molecule has 212 valence electrons. The Kier molecular flexibility index (Phi) is 7.20. The molecule has 1 saturated heterocycles. The van der Waals surface area contributed by atoms with E-state index in [0.29, 0.717) is 36.2 Å². The van der Waals surface area contributed by atoms with Gasteiger partial charge in [-0.2, -0.15) is 0 Å². The zero-order chi connectivity index (χ0) is 28.0. The van der Waals surface area contributed by atoms with Gasteiger partial charge < -0.3 is 13.8 Å². The van der Waals surface area contributed by atoms with Crippen LogP contribution in [0.15, 0.2) is 0 Å². The van der Waals surface area contributed by atoms with Crippen LogP contribution in [0.4, 0.5) is 0 Å². The number of fused-ring (bicyclic) bond motifs is 5. The number of rotatable bonds is 4. The molecule has 0 N–H and O–H groups in total. The van der Waals surface area contributed by atoms with E-state index < -0.39 is 16.6 Å². The smallest absolute Gasteiger partial charge is 0.214 e. The zero-order valence-corrected chi connectivity index (χ0v) is 28.2. The Hall–Kier alpha value is -0.466. The third-order valence-corrected chi connectivity index (χ3v) is 23.1. The molecule has 1 aliphatic heterocycles. The lowest BCUT2D eigenvalue weighted by Gasteiger charge is -2.66. The van der Waals surface area contributed by atoms with Crippen LogP contribution in [-0.2, 0) is 14.0 Å². The molecule has 1 amide bonds. The molecule has 0 aromatic rings. The lowest BCUT2D eigenvalue weighted by atomic mass is 9.45. The van der Waals surface area contributed by atoms with E-state index in [-0.39, 0.29) is 32.9 Å². The van der Waals surface area contributed by atoms with Gasteiger partial charge in [0.15, 0.2) is 16.6 Å². The highest BCUT2D eigenvalue weighted by Crippen LogP contribution is 2.67. The molecule has 4 fully saturated rings. The van der Waals surface area contributed by atoms with Gasteiger partial charge in [0.25, 0.3) is 0 Å². The maximum Gasteiger partial charge on any atom is 0.214 e. The Morgan fingerprint density at radius 1 is 0.892 bits per heavy atom. The zero-order valence-electron chi connectivity index (χ0n) is 26.2. The molecule has 0 bridgehead atoms. The first-order valence-electron chi connectivity index (χ1n) is 15.2. The van der Waals surface area contributed by atoms with Crippen LogP contribution in [0.5, 0.6) is 0 Å². The van der Waals surface area contributed by atoms with E-state index in [2.05, 4.69) is 86.1 Å². The number of amides is 1. The van der Waals surface area contributed by atoms with E-state index in [1.165, 1.54) is 25.5 Å². The summed E-state index contributed by atoms with van der Waals surface area (Å²) in [7, 11) is -3.94. The number of hydrogen-bond donors (Lipinski definition) is 0. The first-order chi connectivity index (χ1) is 16.7. The molecule has 4 nitrogen and oxygen atoms in total. The number of aldehydes is 1. The number of carbonyl (C=O) groups excluding carboxylic acids is 2. The van der Waals surface area contributed by atoms with E-state index in [1.807, 2.05) is 0 Å². The predicted molar refractivity (Wildman–Crippen MR) is 158 cm³/mol. The lowest BCUT2D eigenvalue weighted by molar-refractivity contribution is -0.165. The van der Waals surface area contributed by atoms with Crippen LogP contribution in [-0.4, -0.2) is 45.5 Å². The van der Waals surface area contributed by atoms with Gasteiger partial charge in [0.1, 0.15) is 6.29 Å². The van der Waals surface area contributed by atoms with Crippen molar-refractivity contribution in [3.63, 3.8) is 0 Å². The third-order valence-electron chi connectivity index (χ3n) is 13.2. The summed E-state index contributed by atoms with van der Waals surface area (Å²) in [6.07, 6.45) is 8.83. The summed E-state index contributed by atoms with van der Waals surface area (Å²) >= 11 is 0. The highest BCUT2D eigenvalue weighted by Gasteiger charge is 2.66. The fourth-order valence-corrected chi connectivity index (χ4v) is 12.9. The van der Waals surface area contributed by atoms with E-state index in [4.69, 9.17) is 4.43 Å². The van der Waals surface area contributed by atoms with Crippen LogP contribution >= 0.6 is 0 Å². The normalized spacial score (nSPS) is 41.2. The molecule has 3 saturated carbocycles. The van der Waals surface area contributed by atoms with Gasteiger partial charge in [-0.1, -0.05) is 68.5 Å². The topological polar surface area (TPSA) is 46.6 Å². The third kappa shape index (κ3) is 4.38. The average molecular weight is 548 g/mol. The van der Waals surface area contributed by atoms with E-state index >= 15 is 0 Å². The fraction of sp³-hybridized carbons (Fsp3) is 0.935. The van der Waals surface area contributed by atoms with Crippen molar-refractivity contribution in [3.8, 4) is 0 Å². The van der Waals surface area contributed by atoms with Gasteiger partial charge in [0.05, 0.1) is 6.10 Å². The van der Waals surface area contributed by atoms with Crippen molar-refractivity contribution in [2.45, 2.75) is 149 Å². The van der Waals surface area contributed by atoms with Gasteiger partial charge in [0.2, 0.25) is 5.91 Å². The summed E-state index contributed by atoms with van der Waals surface area (Å²) in [5, 5.41) is 0.302. The molecule has 0 radical (unpaired) electrons. The van der Waals surface area contributed by atoms with E-state index in [9.17, 15) is 9.59 Å². The largest absolute Gasteiger partial charge is 0.413 e. The highest BCUT2D eigenvalue weighted by atomic mass is 28.4. The Balaban J connectivity index is 1.69. The quantitative estimate of drug-likeness (QED) is 0.264. The molecule has 0 spiro atoms. The Labute approximate surface area is 230 Å². The number of piperidine rings is 1. The summed E-state index contributed by atoms with van der Waals surface area (Å²) in [5.41, 5.74) is 0.262. The molecule has 3 aliphatic carbocycles. The molecular formula is C31H57NO3Si2. The summed E-state index contributed by atoms with van der Waals surface area (Å²) in [6.45, 7) is 28.5. The van der Waals surface area contributed by atoms with E-state index in [0.717, 1.165) is 19.3 Å². The van der Waals surface area contributed by atoms with Crippen molar-refractivity contribution in [2.75, 3.05) is 0 Å². The molecule has 37 heavy (non-hydrogen) atoms. The second-order valence-electron chi connectivity index (χ2n) is 16.9. The SMILES string of the molecule is CC(C)(C)[Si](C)(C)O[C@H]1CC[C@H]2[C@@H]3[C@@H](C=O)C[C@H]4N([Si](C)(C)C(C)(C)C)C(=O)CC[C@]4(C)[C@H]3CC[C@]12C. The van der Waals surface area contributed by atoms with Gasteiger partial charge >= 0.3 is 0 Å². The monoisotopic (exact) mass is 547 g/mol. The van der Waals surface area contributed by atoms with Crippen LogP contribution < -0.4 is 0 Å². The van der Waals surface area contributed by atoms with Crippen molar-refractivity contribution in [1.82, 2.24) is 4.57 Å². The second-order valence-corrected chi connectivity index (χ2v) is 26.8. The molecule has 6 heteroatoms. The Bertz CT molecular complexity index is 918. The van der Waals surface area contributed by atoms with Crippen molar-refractivity contribution in [2.24, 2.45) is 34.5 Å². The molecule has 4 rings (SSSR count). The minimum Gasteiger partial charge on any atom is -0.413 e. The molecular weight excluding hydrogens is 491 g/mol. The Morgan fingerprint density at radius 2 is 1.49 bits per heavy atom.